The highest BCUT2D eigenvalue weighted by Crippen LogP contribution is 2.27. The van der Waals surface area contributed by atoms with Gasteiger partial charge in [0.25, 0.3) is 5.89 Å². The van der Waals surface area contributed by atoms with Gasteiger partial charge in [0.1, 0.15) is 6.10 Å². The Hall–Kier alpha value is -1.73. The van der Waals surface area contributed by atoms with Crippen molar-refractivity contribution in [3.63, 3.8) is 0 Å². The fourth-order valence-electron chi connectivity index (χ4n) is 2.36. The Balaban J connectivity index is 1.65. The van der Waals surface area contributed by atoms with Crippen molar-refractivity contribution in [2.24, 2.45) is 0 Å². The molecule has 2 heterocycles. The van der Waals surface area contributed by atoms with E-state index in [9.17, 15) is 8.42 Å². The zero-order valence-corrected chi connectivity index (χ0v) is 13.2. The van der Waals surface area contributed by atoms with E-state index in [0.29, 0.717) is 23.2 Å². The molecule has 1 atom stereocenters. The molecule has 1 aliphatic rings. The molecular formula is C15H18N2O4S. The zero-order chi connectivity index (χ0) is 15.6. The fraction of sp³-hybridized carbons (Fsp3) is 0.467. The molecule has 1 saturated heterocycles. The van der Waals surface area contributed by atoms with Crippen molar-refractivity contribution < 1.29 is 17.7 Å². The number of hydrogen-bond acceptors (Lipinski definition) is 6. The first-order valence-electron chi connectivity index (χ1n) is 7.28. The van der Waals surface area contributed by atoms with Crippen molar-refractivity contribution >= 4 is 9.84 Å². The van der Waals surface area contributed by atoms with Crippen LogP contribution in [0.4, 0.5) is 0 Å². The Morgan fingerprint density at radius 3 is 2.73 bits per heavy atom. The number of sulfone groups is 1. The Kier molecular flexibility index (Phi) is 4.26. The smallest absolute Gasteiger partial charge is 0.255 e. The Labute approximate surface area is 129 Å². The summed E-state index contributed by atoms with van der Waals surface area (Å²) in [6.07, 6.45) is 1.93. The van der Waals surface area contributed by atoms with Crippen LogP contribution in [0.25, 0.3) is 0 Å². The molecule has 3 rings (SSSR count). The lowest BCUT2D eigenvalue weighted by molar-refractivity contribution is 0.0835. The van der Waals surface area contributed by atoms with Crippen molar-refractivity contribution in [3.8, 4) is 0 Å². The summed E-state index contributed by atoms with van der Waals surface area (Å²) in [5.41, 5.74) is 1.03. The van der Waals surface area contributed by atoms with Crippen molar-refractivity contribution in [2.45, 2.75) is 37.2 Å². The second kappa shape index (κ2) is 6.18. The molecule has 1 unspecified atom stereocenters. The summed E-state index contributed by atoms with van der Waals surface area (Å²) < 4.78 is 35.2. The maximum atomic E-state index is 12.3. The second-order valence-corrected chi connectivity index (χ2v) is 7.54. The first kappa shape index (κ1) is 15.2. The SMILES string of the molecule is Cc1ccc(S(=O)(=O)CCc2noc(C3CCCO3)n2)cc1. The molecule has 0 radical (unpaired) electrons. The third-order valence-corrected chi connectivity index (χ3v) is 5.40. The van der Waals surface area contributed by atoms with Crippen LogP contribution < -0.4 is 0 Å². The molecule has 22 heavy (non-hydrogen) atoms. The predicted octanol–water partition coefficient (Wildman–Crippen LogP) is 2.25. The van der Waals surface area contributed by atoms with Crippen molar-refractivity contribution in [1.29, 1.82) is 0 Å². The lowest BCUT2D eigenvalue weighted by Gasteiger charge is -2.03. The summed E-state index contributed by atoms with van der Waals surface area (Å²) >= 11 is 0. The minimum atomic E-state index is -3.34. The van der Waals surface area contributed by atoms with Gasteiger partial charge in [-0.15, -0.1) is 0 Å². The van der Waals surface area contributed by atoms with Crippen LogP contribution in [-0.2, 0) is 21.0 Å². The Morgan fingerprint density at radius 2 is 2.05 bits per heavy atom. The van der Waals surface area contributed by atoms with Crippen LogP contribution in [0.2, 0.25) is 0 Å². The molecule has 0 aliphatic carbocycles. The van der Waals surface area contributed by atoms with Gasteiger partial charge in [0.15, 0.2) is 15.7 Å². The fourth-order valence-corrected chi connectivity index (χ4v) is 3.60. The number of ether oxygens (including phenoxy) is 1. The molecule has 2 aromatic rings. The molecule has 1 aromatic carbocycles. The number of benzene rings is 1. The summed E-state index contributed by atoms with van der Waals surface area (Å²) in [7, 11) is -3.34. The van der Waals surface area contributed by atoms with Crippen LogP contribution in [0.15, 0.2) is 33.7 Å². The molecule has 0 saturated carbocycles. The molecule has 7 heteroatoms. The predicted molar refractivity (Wildman–Crippen MR) is 79.2 cm³/mol. The molecule has 0 spiro atoms. The van der Waals surface area contributed by atoms with E-state index in [4.69, 9.17) is 9.26 Å². The number of aryl methyl sites for hydroxylation is 2. The van der Waals surface area contributed by atoms with Crippen LogP contribution >= 0.6 is 0 Å². The highest BCUT2D eigenvalue weighted by Gasteiger charge is 2.24. The van der Waals surface area contributed by atoms with E-state index < -0.39 is 9.84 Å². The van der Waals surface area contributed by atoms with Gasteiger partial charge in [-0.25, -0.2) is 8.42 Å². The van der Waals surface area contributed by atoms with Gasteiger partial charge >= 0.3 is 0 Å². The lowest BCUT2D eigenvalue weighted by atomic mass is 10.2. The maximum Gasteiger partial charge on any atom is 0.255 e. The highest BCUT2D eigenvalue weighted by molar-refractivity contribution is 7.91. The number of nitrogens with zero attached hydrogens (tertiary/aromatic N) is 2. The number of aromatic nitrogens is 2. The van der Waals surface area contributed by atoms with Crippen LogP contribution in [0.1, 0.15) is 36.2 Å². The van der Waals surface area contributed by atoms with Crippen molar-refractivity contribution in [3.05, 3.63) is 41.5 Å². The summed E-state index contributed by atoms with van der Waals surface area (Å²) in [6, 6.07) is 6.82. The number of hydrogen-bond donors (Lipinski definition) is 0. The van der Waals surface area contributed by atoms with Gasteiger partial charge < -0.3 is 9.26 Å². The summed E-state index contributed by atoms with van der Waals surface area (Å²) in [6.45, 7) is 2.62. The van der Waals surface area contributed by atoms with Crippen molar-refractivity contribution in [2.75, 3.05) is 12.4 Å². The van der Waals surface area contributed by atoms with E-state index in [1.54, 1.807) is 24.3 Å². The zero-order valence-electron chi connectivity index (χ0n) is 12.4. The molecule has 6 nitrogen and oxygen atoms in total. The first-order valence-corrected chi connectivity index (χ1v) is 8.93. The third kappa shape index (κ3) is 3.36. The van der Waals surface area contributed by atoms with Gasteiger partial charge in [-0.1, -0.05) is 22.9 Å². The van der Waals surface area contributed by atoms with E-state index in [1.165, 1.54) is 0 Å². The largest absolute Gasteiger partial charge is 0.368 e. The molecule has 0 amide bonds. The normalized spacial score (nSPS) is 18.7. The van der Waals surface area contributed by atoms with E-state index in [1.807, 2.05) is 6.92 Å². The van der Waals surface area contributed by atoms with Crippen LogP contribution in [0.5, 0.6) is 0 Å². The molecular weight excluding hydrogens is 304 g/mol. The number of rotatable bonds is 5. The maximum absolute atomic E-state index is 12.3. The monoisotopic (exact) mass is 322 g/mol. The summed E-state index contributed by atoms with van der Waals surface area (Å²) in [4.78, 5) is 4.56. The van der Waals surface area contributed by atoms with Gasteiger partial charge in [-0.2, -0.15) is 4.98 Å². The van der Waals surface area contributed by atoms with Crippen molar-refractivity contribution in [1.82, 2.24) is 10.1 Å². The first-order chi connectivity index (χ1) is 10.5. The molecule has 0 N–H and O–H groups in total. The van der Waals surface area contributed by atoms with Gasteiger partial charge in [0.05, 0.1) is 10.6 Å². The average molecular weight is 322 g/mol. The quantitative estimate of drug-likeness (QED) is 0.839. The van der Waals surface area contributed by atoms with E-state index >= 15 is 0 Å². The standard InChI is InChI=1S/C15H18N2O4S/c1-11-4-6-12(7-5-11)22(18,19)10-8-14-16-15(21-17-14)13-3-2-9-20-13/h4-7,13H,2-3,8-10H2,1H3. The van der Waals surface area contributed by atoms with Crippen LogP contribution in [0.3, 0.4) is 0 Å². The average Bonchev–Trinajstić information content (AvgIpc) is 3.17. The molecule has 1 fully saturated rings. The molecule has 1 aliphatic heterocycles. The highest BCUT2D eigenvalue weighted by atomic mass is 32.2. The third-order valence-electron chi connectivity index (χ3n) is 3.66. The molecule has 0 bridgehead atoms. The molecule has 1 aromatic heterocycles. The van der Waals surface area contributed by atoms with Crippen LogP contribution in [-0.4, -0.2) is 30.9 Å². The topological polar surface area (TPSA) is 82.3 Å². The van der Waals surface area contributed by atoms with E-state index in [-0.39, 0.29) is 18.3 Å². The summed E-state index contributed by atoms with van der Waals surface area (Å²) in [5.74, 6) is 0.807. The van der Waals surface area contributed by atoms with Gasteiger partial charge in [0.2, 0.25) is 0 Å². The minimum absolute atomic E-state index is 0.0411. The Bertz CT molecular complexity index is 731. The van der Waals surface area contributed by atoms with E-state index in [0.717, 1.165) is 18.4 Å². The van der Waals surface area contributed by atoms with Gasteiger partial charge in [0, 0.05) is 13.0 Å². The minimum Gasteiger partial charge on any atom is -0.368 e. The second-order valence-electron chi connectivity index (χ2n) is 5.43. The van der Waals surface area contributed by atoms with Gasteiger partial charge in [-0.05, 0) is 31.9 Å². The molecule has 118 valence electrons. The van der Waals surface area contributed by atoms with Gasteiger partial charge in [-0.3, -0.25) is 0 Å². The Morgan fingerprint density at radius 1 is 1.27 bits per heavy atom. The van der Waals surface area contributed by atoms with E-state index in [2.05, 4.69) is 10.1 Å². The lowest BCUT2D eigenvalue weighted by Crippen LogP contribution is -2.10. The summed E-state index contributed by atoms with van der Waals surface area (Å²) in [5, 5.41) is 3.84. The van der Waals surface area contributed by atoms with Crippen LogP contribution in [0, 0.1) is 6.92 Å².